The molecule has 0 fully saturated rings. The molecular formula is C54H41F3N2O4. The maximum Gasteiger partial charge on any atom is 0.402 e. The van der Waals surface area contributed by atoms with Crippen LogP contribution in [0.1, 0.15) is 110 Å². The molecule has 0 saturated carbocycles. The minimum absolute atomic E-state index is 0.0138. The Morgan fingerprint density at radius 1 is 0.476 bits per heavy atom. The highest BCUT2D eigenvalue weighted by molar-refractivity contribution is 6.35. The fourth-order valence-corrected chi connectivity index (χ4v) is 10.5. The largest absolute Gasteiger partial charge is 0.402 e. The van der Waals surface area contributed by atoms with E-state index in [9.17, 15) is 19.2 Å². The molecule has 9 heteroatoms. The predicted molar refractivity (Wildman–Crippen MR) is 238 cm³/mol. The summed E-state index contributed by atoms with van der Waals surface area (Å²) in [5.41, 5.74) is 7.30. The van der Waals surface area contributed by atoms with Crippen molar-refractivity contribution >= 4 is 40.1 Å². The lowest BCUT2D eigenvalue weighted by Gasteiger charge is -2.36. The molecule has 4 amide bonds. The number of aryl methyl sites for hydroxylation is 4. The van der Waals surface area contributed by atoms with Crippen molar-refractivity contribution in [2.24, 2.45) is 0 Å². The highest BCUT2D eigenvalue weighted by Gasteiger charge is 2.55. The smallest absolute Gasteiger partial charge is 0.277 e. The van der Waals surface area contributed by atoms with Crippen molar-refractivity contribution in [3.05, 3.63) is 205 Å². The minimum atomic E-state index is -4.91. The molecular weight excluding hydrogens is 798 g/mol. The number of hydrogen-bond acceptors (Lipinski definition) is 4. The number of rotatable bonds is 5. The Morgan fingerprint density at radius 2 is 0.952 bits per heavy atom. The van der Waals surface area contributed by atoms with Crippen molar-refractivity contribution in [2.75, 3.05) is 11.9 Å². The topological polar surface area (TPSA) is 74.8 Å². The zero-order valence-corrected chi connectivity index (χ0v) is 35.7. The second kappa shape index (κ2) is 13.4. The number of anilines is 1. The predicted octanol–water partition coefficient (Wildman–Crippen LogP) is 11.6. The molecule has 0 N–H and O–H groups in total. The second-order valence-corrected chi connectivity index (χ2v) is 17.5. The van der Waals surface area contributed by atoms with Crippen molar-refractivity contribution in [3.63, 3.8) is 0 Å². The van der Waals surface area contributed by atoms with Gasteiger partial charge in [-0.25, -0.2) is 4.90 Å². The van der Waals surface area contributed by atoms with Gasteiger partial charge in [0.05, 0.1) is 33.4 Å². The van der Waals surface area contributed by atoms with Gasteiger partial charge in [0.25, 0.3) is 23.6 Å². The number of amides is 4. The Bertz CT molecular complexity index is 3210. The number of hydrogen-bond donors (Lipinski definition) is 0. The normalized spacial score (nSPS) is 17.6. The van der Waals surface area contributed by atoms with E-state index in [0.29, 0.717) is 16.8 Å². The van der Waals surface area contributed by atoms with E-state index in [1.165, 1.54) is 36.9 Å². The number of nitrogens with zero attached hydrogens (tertiary/aromatic N) is 2. The molecule has 0 spiro atoms. The molecule has 7 aromatic carbocycles. The van der Waals surface area contributed by atoms with Crippen LogP contribution < -0.4 is 4.90 Å². The van der Waals surface area contributed by atoms with Gasteiger partial charge in [-0.15, -0.1) is 0 Å². The Balaban J connectivity index is 1.12. The molecule has 0 aromatic heterocycles. The summed E-state index contributed by atoms with van der Waals surface area (Å²) in [7, 11) is 1.28. The van der Waals surface area contributed by atoms with E-state index >= 15 is 13.2 Å². The molecule has 7 aromatic rings. The first-order valence-corrected chi connectivity index (χ1v) is 20.8. The van der Waals surface area contributed by atoms with Gasteiger partial charge in [-0.05, 0) is 161 Å². The third-order valence-electron chi connectivity index (χ3n) is 14.1. The second-order valence-electron chi connectivity index (χ2n) is 17.5. The SMILES string of the molecule is Cc1cc(C2(c3cc(C)c(N4C(=O)c5ccc(C(C)(c6ccc7c(c6)C(=O)N(C)C7=O)C(F)(F)F)cc5C4=O)c(C)c3)c3ccccc3-c3cc4ccccc4cc32)cc(C)c1C. The van der Waals surface area contributed by atoms with E-state index < -0.39 is 40.6 Å². The lowest BCUT2D eigenvalue weighted by molar-refractivity contribution is -0.173. The summed E-state index contributed by atoms with van der Waals surface area (Å²) in [6, 6.07) is 37.0. The molecule has 0 saturated heterocycles. The molecule has 2 aliphatic heterocycles. The van der Waals surface area contributed by atoms with Gasteiger partial charge in [0, 0.05) is 7.05 Å². The van der Waals surface area contributed by atoms with Crippen LogP contribution in [0.4, 0.5) is 18.9 Å². The van der Waals surface area contributed by atoms with E-state index in [1.807, 2.05) is 38.1 Å². The number of carbonyl (C=O) groups is 4. The monoisotopic (exact) mass is 838 g/mol. The number of benzene rings is 7. The maximum absolute atomic E-state index is 15.4. The number of fused-ring (bicyclic) bond motifs is 6. The first kappa shape index (κ1) is 40.0. The summed E-state index contributed by atoms with van der Waals surface area (Å²) < 4.78 is 46.1. The van der Waals surface area contributed by atoms with E-state index in [2.05, 4.69) is 81.4 Å². The Labute approximate surface area is 362 Å². The molecule has 3 aliphatic rings. The zero-order valence-electron chi connectivity index (χ0n) is 35.7. The van der Waals surface area contributed by atoms with Crippen molar-refractivity contribution in [1.29, 1.82) is 0 Å². The fourth-order valence-electron chi connectivity index (χ4n) is 10.5. The number of halogens is 3. The van der Waals surface area contributed by atoms with Crippen LogP contribution in [0.5, 0.6) is 0 Å². The van der Waals surface area contributed by atoms with Gasteiger partial charge < -0.3 is 0 Å². The van der Waals surface area contributed by atoms with Crippen molar-refractivity contribution < 1.29 is 32.3 Å². The third-order valence-corrected chi connectivity index (χ3v) is 14.1. The van der Waals surface area contributed by atoms with Crippen LogP contribution >= 0.6 is 0 Å². The number of alkyl halides is 3. The molecule has 63 heavy (non-hydrogen) atoms. The molecule has 312 valence electrons. The van der Waals surface area contributed by atoms with Gasteiger partial charge in [0.15, 0.2) is 0 Å². The first-order valence-electron chi connectivity index (χ1n) is 20.8. The van der Waals surface area contributed by atoms with Crippen LogP contribution in [0.15, 0.2) is 121 Å². The van der Waals surface area contributed by atoms with E-state index in [1.54, 1.807) is 0 Å². The van der Waals surface area contributed by atoms with Gasteiger partial charge in [-0.2, -0.15) is 13.2 Å². The number of imide groups is 2. The summed E-state index contributed by atoms with van der Waals surface area (Å²) >= 11 is 0. The molecule has 10 rings (SSSR count). The summed E-state index contributed by atoms with van der Waals surface area (Å²) in [4.78, 5) is 56.3. The maximum atomic E-state index is 15.4. The summed E-state index contributed by atoms with van der Waals surface area (Å²) in [5.74, 6) is -2.67. The highest BCUT2D eigenvalue weighted by atomic mass is 19.4. The quantitative estimate of drug-likeness (QED) is 0.162. The molecule has 2 heterocycles. The third kappa shape index (κ3) is 5.32. The molecule has 1 aliphatic carbocycles. The van der Waals surface area contributed by atoms with E-state index in [0.717, 1.165) is 84.1 Å². The average molecular weight is 839 g/mol. The molecule has 2 unspecified atom stereocenters. The summed E-state index contributed by atoms with van der Waals surface area (Å²) in [6.45, 7) is 11.1. The van der Waals surface area contributed by atoms with E-state index in [4.69, 9.17) is 0 Å². The average Bonchev–Trinajstić information content (AvgIpc) is 3.77. The van der Waals surface area contributed by atoms with Crippen LogP contribution in [0.2, 0.25) is 0 Å². The lowest BCUT2D eigenvalue weighted by Crippen LogP contribution is -2.41. The number of carbonyl (C=O) groups excluding carboxylic acids is 4. The van der Waals surface area contributed by atoms with Crippen molar-refractivity contribution in [3.8, 4) is 11.1 Å². The van der Waals surface area contributed by atoms with Gasteiger partial charge in [-0.3, -0.25) is 24.1 Å². The zero-order chi connectivity index (χ0) is 44.7. The van der Waals surface area contributed by atoms with Crippen molar-refractivity contribution in [1.82, 2.24) is 4.90 Å². The van der Waals surface area contributed by atoms with Crippen LogP contribution in [-0.2, 0) is 10.8 Å². The van der Waals surface area contributed by atoms with E-state index in [-0.39, 0.29) is 33.4 Å². The Kier molecular flexibility index (Phi) is 8.52. The van der Waals surface area contributed by atoms with Crippen LogP contribution in [-0.4, -0.2) is 41.8 Å². The molecule has 0 radical (unpaired) electrons. The Hall–Kier alpha value is -7.13. The van der Waals surface area contributed by atoms with Crippen LogP contribution in [0, 0.1) is 34.6 Å². The van der Waals surface area contributed by atoms with Crippen LogP contribution in [0.3, 0.4) is 0 Å². The molecule has 0 bridgehead atoms. The van der Waals surface area contributed by atoms with Gasteiger partial charge in [0.2, 0.25) is 0 Å². The van der Waals surface area contributed by atoms with Crippen molar-refractivity contribution in [2.45, 2.75) is 58.5 Å². The first-order chi connectivity index (χ1) is 29.9. The van der Waals surface area contributed by atoms with Crippen LogP contribution in [0.25, 0.3) is 21.9 Å². The highest BCUT2D eigenvalue weighted by Crippen LogP contribution is 2.58. The molecule has 6 nitrogen and oxygen atoms in total. The van der Waals surface area contributed by atoms with Gasteiger partial charge >= 0.3 is 6.18 Å². The summed E-state index contributed by atoms with van der Waals surface area (Å²) in [5, 5.41) is 2.22. The fraction of sp³-hybridized carbons (Fsp3) is 0.185. The minimum Gasteiger partial charge on any atom is -0.277 e. The Morgan fingerprint density at radius 3 is 1.54 bits per heavy atom. The molecule has 2 atom stereocenters. The lowest BCUT2D eigenvalue weighted by atomic mass is 9.66. The standard InChI is InChI=1S/C54H41F3N2O4/c1-28-20-37(21-29(2)32(28)5)53(45-15-11-10-14-39(45)42-24-33-12-8-9-13-34(33)25-46(42)53)38-22-30(3)47(31(4)23-38)59-50(62)41-19-17-36(27-44(41)51(59)63)52(6,54(55,56)57)35-16-18-40-43(26-35)49(61)58(7)48(40)60/h8-27H,1-7H3. The van der Waals surface area contributed by atoms with Gasteiger partial charge in [0.1, 0.15) is 5.41 Å². The van der Waals surface area contributed by atoms with Gasteiger partial charge in [-0.1, -0.05) is 84.9 Å². The summed E-state index contributed by atoms with van der Waals surface area (Å²) in [6.07, 6.45) is -4.91.